The van der Waals surface area contributed by atoms with Crippen molar-refractivity contribution in [3.8, 4) is 0 Å². The zero-order chi connectivity index (χ0) is 13.0. The Labute approximate surface area is 105 Å². The Bertz CT molecular complexity index is 429. The maximum Gasteiger partial charge on any atom is 0.305 e. The first-order valence-corrected chi connectivity index (χ1v) is 5.53. The number of aliphatic carboxylic acids is 1. The molecule has 1 aromatic rings. The molecule has 0 radical (unpaired) electrons. The van der Waals surface area contributed by atoms with Crippen LogP contribution in [0.2, 0.25) is 5.02 Å². The molecular formula is C12H14ClNO3. The highest BCUT2D eigenvalue weighted by Crippen LogP contribution is 2.23. The summed E-state index contributed by atoms with van der Waals surface area (Å²) in [7, 11) is 0. The van der Waals surface area contributed by atoms with Gasteiger partial charge in [0.25, 0.3) is 0 Å². The van der Waals surface area contributed by atoms with Crippen molar-refractivity contribution >= 4 is 23.5 Å². The van der Waals surface area contributed by atoms with Crippen molar-refractivity contribution in [1.29, 1.82) is 0 Å². The summed E-state index contributed by atoms with van der Waals surface area (Å²) < 4.78 is 0. The van der Waals surface area contributed by atoms with E-state index in [4.69, 9.17) is 16.7 Å². The number of carboxylic acid groups (broad SMARTS) is 1. The van der Waals surface area contributed by atoms with Gasteiger partial charge in [0.15, 0.2) is 0 Å². The molecule has 1 amide bonds. The predicted molar refractivity (Wildman–Crippen MR) is 65.0 cm³/mol. The molecule has 0 spiro atoms. The minimum absolute atomic E-state index is 0.151. The SMILES string of the molecule is CC(=O)N[C@@H](CC(=O)O)c1ccc(Cl)cc1C. The zero-order valence-corrected chi connectivity index (χ0v) is 10.4. The van der Waals surface area contributed by atoms with E-state index in [1.807, 2.05) is 6.92 Å². The van der Waals surface area contributed by atoms with Crippen LogP contribution in [0.4, 0.5) is 0 Å². The number of carbonyl (C=O) groups is 2. The number of nitrogens with one attached hydrogen (secondary N) is 1. The summed E-state index contributed by atoms with van der Waals surface area (Å²) in [6, 6.07) is 4.64. The lowest BCUT2D eigenvalue weighted by atomic mass is 9.99. The molecule has 0 aliphatic heterocycles. The van der Waals surface area contributed by atoms with Crippen LogP contribution in [0, 0.1) is 6.92 Å². The first kappa shape index (κ1) is 13.5. The van der Waals surface area contributed by atoms with E-state index in [9.17, 15) is 9.59 Å². The van der Waals surface area contributed by atoms with E-state index >= 15 is 0 Å². The Morgan fingerprint density at radius 3 is 2.59 bits per heavy atom. The lowest BCUT2D eigenvalue weighted by Crippen LogP contribution is -2.28. The second-order valence-electron chi connectivity index (χ2n) is 3.85. The standard InChI is InChI=1S/C12H14ClNO3/c1-7-5-9(13)3-4-10(7)11(6-12(16)17)14-8(2)15/h3-5,11H,6H2,1-2H3,(H,14,15)(H,16,17)/t11-/m0/s1. The maximum atomic E-state index is 11.1. The molecule has 92 valence electrons. The largest absolute Gasteiger partial charge is 0.481 e. The van der Waals surface area contributed by atoms with E-state index in [1.54, 1.807) is 18.2 Å². The number of halogens is 1. The number of benzene rings is 1. The van der Waals surface area contributed by atoms with Crippen molar-refractivity contribution in [2.45, 2.75) is 26.3 Å². The molecule has 1 aromatic carbocycles. The minimum atomic E-state index is -0.960. The third kappa shape index (κ3) is 4.07. The fraction of sp³-hybridized carbons (Fsp3) is 0.333. The van der Waals surface area contributed by atoms with Crippen LogP contribution in [0.25, 0.3) is 0 Å². The molecule has 0 bridgehead atoms. The van der Waals surface area contributed by atoms with Crippen LogP contribution in [-0.2, 0) is 9.59 Å². The zero-order valence-electron chi connectivity index (χ0n) is 9.66. The average molecular weight is 256 g/mol. The fourth-order valence-corrected chi connectivity index (χ4v) is 1.92. The Hall–Kier alpha value is -1.55. The van der Waals surface area contributed by atoms with Gasteiger partial charge in [-0.2, -0.15) is 0 Å². The topological polar surface area (TPSA) is 66.4 Å². The molecule has 0 saturated carbocycles. The van der Waals surface area contributed by atoms with Gasteiger partial charge in [0, 0.05) is 11.9 Å². The smallest absolute Gasteiger partial charge is 0.305 e. The van der Waals surface area contributed by atoms with Crippen LogP contribution in [0.5, 0.6) is 0 Å². The van der Waals surface area contributed by atoms with Crippen molar-refractivity contribution in [2.75, 3.05) is 0 Å². The molecule has 2 N–H and O–H groups in total. The van der Waals surface area contributed by atoms with Crippen LogP contribution < -0.4 is 5.32 Å². The number of rotatable bonds is 4. The number of aryl methyl sites for hydroxylation is 1. The van der Waals surface area contributed by atoms with Crippen molar-refractivity contribution in [1.82, 2.24) is 5.32 Å². The quantitative estimate of drug-likeness (QED) is 0.868. The third-order valence-electron chi connectivity index (χ3n) is 2.36. The molecule has 0 fully saturated rings. The number of amides is 1. The van der Waals surface area contributed by atoms with Crippen LogP contribution in [0.3, 0.4) is 0 Å². The maximum absolute atomic E-state index is 11.1. The Balaban J connectivity index is 3.02. The van der Waals surface area contributed by atoms with Gasteiger partial charge in [-0.25, -0.2) is 0 Å². The van der Waals surface area contributed by atoms with Gasteiger partial charge in [-0.05, 0) is 30.2 Å². The summed E-state index contributed by atoms with van der Waals surface area (Å²) in [5.41, 5.74) is 1.63. The predicted octanol–water partition coefficient (Wildman–Crippen LogP) is 2.30. The molecule has 0 aliphatic carbocycles. The van der Waals surface area contributed by atoms with Crippen LogP contribution in [0.15, 0.2) is 18.2 Å². The number of hydrogen-bond donors (Lipinski definition) is 2. The second kappa shape index (κ2) is 5.68. The first-order chi connectivity index (χ1) is 7.90. The van der Waals surface area contributed by atoms with Gasteiger partial charge in [-0.3, -0.25) is 9.59 Å². The van der Waals surface area contributed by atoms with Crippen LogP contribution in [-0.4, -0.2) is 17.0 Å². The lowest BCUT2D eigenvalue weighted by molar-refractivity contribution is -0.137. The van der Waals surface area contributed by atoms with Gasteiger partial charge >= 0.3 is 5.97 Å². The van der Waals surface area contributed by atoms with Gasteiger partial charge in [-0.15, -0.1) is 0 Å². The summed E-state index contributed by atoms with van der Waals surface area (Å²) in [5.74, 6) is -1.22. The van der Waals surface area contributed by atoms with Crippen LogP contribution in [0.1, 0.15) is 30.5 Å². The van der Waals surface area contributed by atoms with Gasteiger partial charge in [-0.1, -0.05) is 17.7 Å². The monoisotopic (exact) mass is 255 g/mol. The Kier molecular flexibility index (Phi) is 4.52. The van der Waals surface area contributed by atoms with Crippen LogP contribution >= 0.6 is 11.6 Å². The van der Waals surface area contributed by atoms with E-state index in [0.717, 1.165) is 11.1 Å². The van der Waals surface area contributed by atoms with Gasteiger partial charge in [0.2, 0.25) is 5.91 Å². The lowest BCUT2D eigenvalue weighted by Gasteiger charge is -2.18. The summed E-state index contributed by atoms with van der Waals surface area (Å²) in [6.07, 6.45) is -0.151. The molecule has 0 aromatic heterocycles. The second-order valence-corrected chi connectivity index (χ2v) is 4.29. The van der Waals surface area contributed by atoms with E-state index in [2.05, 4.69) is 5.32 Å². The number of carbonyl (C=O) groups excluding carboxylic acids is 1. The molecule has 1 rings (SSSR count). The van der Waals surface area contributed by atoms with Crippen molar-refractivity contribution in [3.63, 3.8) is 0 Å². The highest BCUT2D eigenvalue weighted by atomic mass is 35.5. The summed E-state index contributed by atoms with van der Waals surface area (Å²) >= 11 is 5.83. The molecule has 0 unspecified atom stereocenters. The number of carboxylic acids is 1. The molecular weight excluding hydrogens is 242 g/mol. The highest BCUT2D eigenvalue weighted by molar-refractivity contribution is 6.30. The Morgan fingerprint density at radius 1 is 1.47 bits per heavy atom. The van der Waals surface area contributed by atoms with Gasteiger partial charge in [0.1, 0.15) is 0 Å². The fourth-order valence-electron chi connectivity index (χ4n) is 1.69. The third-order valence-corrected chi connectivity index (χ3v) is 2.60. The van der Waals surface area contributed by atoms with E-state index < -0.39 is 12.0 Å². The molecule has 5 heteroatoms. The highest BCUT2D eigenvalue weighted by Gasteiger charge is 2.18. The average Bonchev–Trinajstić information content (AvgIpc) is 2.14. The Morgan fingerprint density at radius 2 is 2.12 bits per heavy atom. The normalized spacial score (nSPS) is 11.9. The molecule has 0 saturated heterocycles. The summed E-state index contributed by atoms with van der Waals surface area (Å²) in [6.45, 7) is 3.19. The van der Waals surface area contributed by atoms with Crippen molar-refractivity contribution in [3.05, 3.63) is 34.3 Å². The van der Waals surface area contributed by atoms with Crippen molar-refractivity contribution in [2.24, 2.45) is 0 Å². The first-order valence-electron chi connectivity index (χ1n) is 5.15. The van der Waals surface area contributed by atoms with Gasteiger partial charge in [0.05, 0.1) is 12.5 Å². The van der Waals surface area contributed by atoms with E-state index in [1.165, 1.54) is 6.92 Å². The van der Waals surface area contributed by atoms with Gasteiger partial charge < -0.3 is 10.4 Å². The summed E-state index contributed by atoms with van der Waals surface area (Å²) in [4.78, 5) is 21.8. The summed E-state index contributed by atoms with van der Waals surface area (Å²) in [5, 5.41) is 12.0. The molecule has 0 heterocycles. The molecule has 4 nitrogen and oxygen atoms in total. The molecule has 17 heavy (non-hydrogen) atoms. The van der Waals surface area contributed by atoms with Crippen molar-refractivity contribution < 1.29 is 14.7 Å². The van der Waals surface area contributed by atoms with E-state index in [-0.39, 0.29) is 12.3 Å². The molecule has 0 aliphatic rings. The van der Waals surface area contributed by atoms with E-state index in [0.29, 0.717) is 5.02 Å². The molecule has 1 atom stereocenters. The minimum Gasteiger partial charge on any atom is -0.481 e. The number of hydrogen-bond acceptors (Lipinski definition) is 2.